The molecule has 0 fully saturated rings. The third kappa shape index (κ3) is 2.23. The molecule has 0 aliphatic rings. The van der Waals surface area contributed by atoms with Gasteiger partial charge in [0.05, 0.1) is 6.67 Å². The summed E-state index contributed by atoms with van der Waals surface area (Å²) in [5, 5.41) is 11.8. The fourth-order valence-corrected chi connectivity index (χ4v) is 0.348. The van der Waals surface area contributed by atoms with Crippen LogP contribution >= 0.6 is 0 Å². The Hall–Kier alpha value is -0.160. The molecule has 0 aromatic carbocycles. The second-order valence-corrected chi connectivity index (χ2v) is 1.68. The van der Waals surface area contributed by atoms with E-state index >= 15 is 0 Å². The molecule has 0 atom stereocenters. The minimum absolute atomic E-state index is 0.0243. The number of hydrogen-bond acceptors (Lipinski definition) is 4. The van der Waals surface area contributed by atoms with Crippen LogP contribution in [0.3, 0.4) is 0 Å². The van der Waals surface area contributed by atoms with Crippen molar-refractivity contribution >= 4 is 0 Å². The standard InChI is InChI=1S/C4H13N3O/c1-6(2)7(3-5)4-8/h8H,3-5H2,1-2H3. The Morgan fingerprint density at radius 2 is 2.00 bits per heavy atom. The minimum Gasteiger partial charge on any atom is -0.380 e. The van der Waals surface area contributed by atoms with Crippen LogP contribution in [0.15, 0.2) is 0 Å². The van der Waals surface area contributed by atoms with Crippen molar-refractivity contribution in [2.24, 2.45) is 5.73 Å². The predicted octanol–water partition coefficient (Wildman–Crippen LogP) is -1.37. The van der Waals surface area contributed by atoms with E-state index in [1.54, 1.807) is 10.0 Å². The molecular formula is C4H13N3O. The molecule has 0 saturated heterocycles. The van der Waals surface area contributed by atoms with E-state index in [-0.39, 0.29) is 6.73 Å². The Kier molecular flexibility index (Phi) is 3.72. The average Bonchev–Trinajstić information content (AvgIpc) is 1.69. The molecule has 0 aliphatic heterocycles. The molecular weight excluding hydrogens is 106 g/mol. The number of aliphatic hydroxyl groups excluding tert-OH is 1. The first-order valence-electron chi connectivity index (χ1n) is 2.45. The van der Waals surface area contributed by atoms with Gasteiger partial charge in [0.15, 0.2) is 0 Å². The van der Waals surface area contributed by atoms with Gasteiger partial charge in [-0.3, -0.25) is 0 Å². The second kappa shape index (κ2) is 3.80. The first-order chi connectivity index (χ1) is 3.72. The molecule has 0 aromatic heterocycles. The summed E-state index contributed by atoms with van der Waals surface area (Å²) in [5.41, 5.74) is 5.21. The lowest BCUT2D eigenvalue weighted by atomic mass is 10.9. The Labute approximate surface area is 49.5 Å². The van der Waals surface area contributed by atoms with Crippen molar-refractivity contribution in [1.82, 2.24) is 10.0 Å². The van der Waals surface area contributed by atoms with Gasteiger partial charge in [0.25, 0.3) is 0 Å². The first kappa shape index (κ1) is 7.84. The fourth-order valence-electron chi connectivity index (χ4n) is 0.348. The van der Waals surface area contributed by atoms with Gasteiger partial charge in [-0.15, -0.1) is 0 Å². The third-order valence-electron chi connectivity index (χ3n) is 0.940. The van der Waals surface area contributed by atoms with Crippen molar-refractivity contribution in [2.75, 3.05) is 27.5 Å². The zero-order valence-corrected chi connectivity index (χ0v) is 5.33. The van der Waals surface area contributed by atoms with Crippen molar-refractivity contribution < 1.29 is 5.11 Å². The van der Waals surface area contributed by atoms with Crippen LogP contribution < -0.4 is 5.73 Å². The zero-order chi connectivity index (χ0) is 6.57. The van der Waals surface area contributed by atoms with Crippen LogP contribution in [-0.4, -0.2) is 42.6 Å². The van der Waals surface area contributed by atoms with Crippen molar-refractivity contribution in [1.29, 1.82) is 0 Å². The van der Waals surface area contributed by atoms with Gasteiger partial charge in [-0.1, -0.05) is 0 Å². The van der Waals surface area contributed by atoms with E-state index in [1.165, 1.54) is 0 Å². The third-order valence-corrected chi connectivity index (χ3v) is 0.940. The van der Waals surface area contributed by atoms with Crippen molar-refractivity contribution in [3.05, 3.63) is 0 Å². The van der Waals surface area contributed by atoms with E-state index in [1.807, 2.05) is 14.1 Å². The Balaban J connectivity index is 3.35. The summed E-state index contributed by atoms with van der Waals surface area (Å²) < 4.78 is 0. The molecule has 50 valence electrons. The number of hydrazine groups is 1. The summed E-state index contributed by atoms with van der Waals surface area (Å²) in [6.45, 7) is 0.326. The normalized spacial score (nSPS) is 11.2. The maximum atomic E-state index is 8.50. The topological polar surface area (TPSA) is 52.7 Å². The lowest BCUT2D eigenvalue weighted by Gasteiger charge is -2.23. The highest BCUT2D eigenvalue weighted by Gasteiger charge is 1.99. The van der Waals surface area contributed by atoms with Crippen molar-refractivity contribution in [3.63, 3.8) is 0 Å². The van der Waals surface area contributed by atoms with Crippen LogP contribution in [0.5, 0.6) is 0 Å². The SMILES string of the molecule is CN(C)N(CN)CO. The quantitative estimate of drug-likeness (QED) is 0.355. The number of rotatable bonds is 3. The van der Waals surface area contributed by atoms with Gasteiger partial charge < -0.3 is 10.8 Å². The molecule has 3 N–H and O–H groups in total. The number of nitrogens with zero attached hydrogens (tertiary/aromatic N) is 2. The van der Waals surface area contributed by atoms with Gasteiger partial charge in [-0.25, -0.2) is 10.0 Å². The molecule has 0 bridgehead atoms. The largest absolute Gasteiger partial charge is 0.380 e. The smallest absolute Gasteiger partial charge is 0.110 e. The number of aliphatic hydroxyl groups is 1. The minimum atomic E-state index is -0.0243. The predicted molar refractivity (Wildman–Crippen MR) is 31.7 cm³/mol. The molecule has 4 nitrogen and oxygen atoms in total. The Bertz CT molecular complexity index is 53.2. The van der Waals surface area contributed by atoms with Gasteiger partial charge in [0.1, 0.15) is 6.73 Å². The lowest BCUT2D eigenvalue weighted by Crippen LogP contribution is -2.41. The summed E-state index contributed by atoms with van der Waals surface area (Å²) in [4.78, 5) is 0. The maximum Gasteiger partial charge on any atom is 0.110 e. The molecule has 0 aliphatic carbocycles. The molecule has 0 unspecified atom stereocenters. The Morgan fingerprint density at radius 1 is 1.50 bits per heavy atom. The summed E-state index contributed by atoms with van der Waals surface area (Å²) in [6, 6.07) is 0. The molecule has 0 aromatic rings. The zero-order valence-electron chi connectivity index (χ0n) is 5.33. The summed E-state index contributed by atoms with van der Waals surface area (Å²) in [5.74, 6) is 0. The van der Waals surface area contributed by atoms with E-state index in [0.29, 0.717) is 6.67 Å². The van der Waals surface area contributed by atoms with Gasteiger partial charge in [0.2, 0.25) is 0 Å². The van der Waals surface area contributed by atoms with Crippen molar-refractivity contribution in [3.8, 4) is 0 Å². The van der Waals surface area contributed by atoms with E-state index in [2.05, 4.69) is 0 Å². The van der Waals surface area contributed by atoms with Crippen LogP contribution in [0.25, 0.3) is 0 Å². The fraction of sp³-hybridized carbons (Fsp3) is 1.00. The molecule has 0 amide bonds. The summed E-state index contributed by atoms with van der Waals surface area (Å²) in [6.07, 6.45) is 0. The monoisotopic (exact) mass is 119 g/mol. The average molecular weight is 119 g/mol. The van der Waals surface area contributed by atoms with Crippen LogP contribution in [-0.2, 0) is 0 Å². The van der Waals surface area contributed by atoms with Gasteiger partial charge in [0, 0.05) is 14.1 Å². The molecule has 0 heterocycles. The van der Waals surface area contributed by atoms with Gasteiger partial charge in [-0.05, 0) is 0 Å². The highest BCUT2D eigenvalue weighted by Crippen LogP contribution is 1.82. The molecule has 8 heavy (non-hydrogen) atoms. The number of nitrogens with two attached hydrogens (primary N) is 1. The van der Waals surface area contributed by atoms with Crippen LogP contribution in [0.1, 0.15) is 0 Å². The van der Waals surface area contributed by atoms with E-state index < -0.39 is 0 Å². The summed E-state index contributed by atoms with van der Waals surface area (Å²) >= 11 is 0. The molecule has 0 rings (SSSR count). The van der Waals surface area contributed by atoms with E-state index in [4.69, 9.17) is 10.8 Å². The molecule has 4 heteroatoms. The summed E-state index contributed by atoms with van der Waals surface area (Å²) in [7, 11) is 3.64. The highest BCUT2D eigenvalue weighted by atomic mass is 16.3. The molecule has 0 saturated carbocycles. The lowest BCUT2D eigenvalue weighted by molar-refractivity contribution is -0.0444. The van der Waals surface area contributed by atoms with E-state index in [0.717, 1.165) is 0 Å². The van der Waals surface area contributed by atoms with Gasteiger partial charge >= 0.3 is 0 Å². The van der Waals surface area contributed by atoms with E-state index in [9.17, 15) is 0 Å². The van der Waals surface area contributed by atoms with Crippen molar-refractivity contribution in [2.45, 2.75) is 0 Å². The molecule has 0 radical (unpaired) electrons. The second-order valence-electron chi connectivity index (χ2n) is 1.68. The maximum absolute atomic E-state index is 8.50. The van der Waals surface area contributed by atoms with Crippen LogP contribution in [0.4, 0.5) is 0 Å². The number of hydrogen-bond donors (Lipinski definition) is 2. The van der Waals surface area contributed by atoms with Crippen LogP contribution in [0, 0.1) is 0 Å². The molecule has 0 spiro atoms. The highest BCUT2D eigenvalue weighted by molar-refractivity contribution is 4.34. The Morgan fingerprint density at radius 3 is 2.00 bits per heavy atom. The van der Waals surface area contributed by atoms with Crippen LogP contribution in [0.2, 0.25) is 0 Å². The van der Waals surface area contributed by atoms with Gasteiger partial charge in [-0.2, -0.15) is 0 Å². The first-order valence-corrected chi connectivity index (χ1v) is 2.45.